The van der Waals surface area contributed by atoms with Gasteiger partial charge in [-0.05, 0) is 76.3 Å². The third-order valence-electron chi connectivity index (χ3n) is 14.3. The van der Waals surface area contributed by atoms with E-state index < -0.39 is 115 Å². The molecule has 1 aromatic carbocycles. The molecule has 0 saturated heterocycles. The summed E-state index contributed by atoms with van der Waals surface area (Å²) in [6.45, 7) is 5.93. The largest absolute Gasteiger partial charge is 0.481 e. The Morgan fingerprint density at radius 1 is 0.465 bits per heavy atom. The fraction of sp³-hybridized carbons (Fsp3) is 0.712. The highest BCUT2D eigenvalue weighted by Gasteiger charge is 2.35. The predicted molar refractivity (Wildman–Crippen MR) is 329 cm³/mol. The molecule has 1 aromatic rings. The van der Waals surface area contributed by atoms with Crippen molar-refractivity contribution in [2.75, 3.05) is 32.8 Å². The number of nitrogens with two attached hydrogens (primary N) is 3. The van der Waals surface area contributed by atoms with Gasteiger partial charge in [-0.1, -0.05) is 135 Å². The van der Waals surface area contributed by atoms with Gasteiger partial charge in [-0.2, -0.15) is 0 Å². The van der Waals surface area contributed by atoms with Gasteiger partial charge < -0.3 is 85.7 Å². The van der Waals surface area contributed by atoms with E-state index in [4.69, 9.17) is 28.0 Å². The van der Waals surface area contributed by atoms with Crippen LogP contribution < -0.4 is 70.4 Å². The summed E-state index contributed by atoms with van der Waals surface area (Å²) in [7, 11) is 0. The highest BCUT2D eigenvalue weighted by Crippen LogP contribution is 2.15. The second-order valence-corrected chi connectivity index (χ2v) is 22.3. The van der Waals surface area contributed by atoms with Crippen LogP contribution in [0, 0.1) is 16.7 Å². The summed E-state index contributed by atoms with van der Waals surface area (Å²) in [6.07, 6.45) is 16.2. The first-order chi connectivity index (χ1) is 41.1. The molecular weight excluding hydrogens is 1110 g/mol. The maximum Gasteiger partial charge on any atom is 0.303 e. The van der Waals surface area contributed by atoms with Crippen LogP contribution in [0.3, 0.4) is 0 Å². The summed E-state index contributed by atoms with van der Waals surface area (Å²) in [5.41, 5.74) is 17.1. The third-order valence-corrected chi connectivity index (χ3v) is 14.3. The number of nitrogens with one attached hydrogen (secondary N) is 12. The van der Waals surface area contributed by atoms with Gasteiger partial charge in [-0.15, -0.1) is 0 Å². The zero-order valence-electron chi connectivity index (χ0n) is 51.3. The van der Waals surface area contributed by atoms with E-state index in [1.165, 1.54) is 51.4 Å². The van der Waals surface area contributed by atoms with Crippen molar-refractivity contribution >= 4 is 65.1 Å². The van der Waals surface area contributed by atoms with E-state index in [1.807, 2.05) is 0 Å². The lowest BCUT2D eigenvalue weighted by molar-refractivity contribution is -0.138. The normalized spacial score (nSPS) is 13.9. The molecule has 0 aliphatic rings. The number of unbranched alkanes of at least 4 members (excludes halogenated alkanes) is 13. The van der Waals surface area contributed by atoms with Crippen LogP contribution in [0.2, 0.25) is 0 Å². The zero-order chi connectivity index (χ0) is 64.2. The van der Waals surface area contributed by atoms with Crippen molar-refractivity contribution in [1.82, 2.24) is 53.2 Å². The molecular formula is C59H105N15O12. The molecule has 0 aromatic heterocycles. The molecule has 0 bridgehead atoms. The number of carboxylic acid groups (broad SMARTS) is 1. The lowest BCUT2D eigenvalue weighted by Gasteiger charge is -2.28. The summed E-state index contributed by atoms with van der Waals surface area (Å²) in [4.78, 5) is 122. The smallest absolute Gasteiger partial charge is 0.303 e. The van der Waals surface area contributed by atoms with Crippen molar-refractivity contribution in [1.29, 1.82) is 10.8 Å². The second-order valence-electron chi connectivity index (χ2n) is 22.3. The average Bonchev–Trinajstić information content (AvgIpc) is 3.68. The fourth-order valence-corrected chi connectivity index (χ4v) is 9.30. The standard InChI is InChI=1S/C59H105N15O12/c1-5-6-7-8-9-10-11-12-13-14-15-16-20-30-48(77)74-50(39(2)3)57(86)71-45(36-41-26-18-17-19-27-41)54(83)68-43(29-24-35-66-59(63)64)53(82)72-47(38-76)56(85)73-46(37-75)55(84)69-42(28-23-34-65-58(61)62)52(81)70-44(31-32-49(78)79)51(80)67-40(4)25-21-22-33-60/h17-19,26-27,39-40,42-47,50,75-76H,5-16,20-25,28-38,60H2,1-4H3,(H,67,80)(H,68,83)(H,69,84)(H,70,81)(H,71,86)(H,72,82)(H,73,85)(H,74,77)(H,78,79)(H4,61,62,65)(H4,63,64,66)/t40-,42-,43+,44+,45-,46+,47-,50+/m1/s1. The van der Waals surface area contributed by atoms with Crippen molar-refractivity contribution in [3.05, 3.63) is 35.9 Å². The number of amides is 8. The Morgan fingerprint density at radius 2 is 0.872 bits per heavy atom. The van der Waals surface area contributed by atoms with Crippen LogP contribution in [0.15, 0.2) is 30.3 Å². The minimum atomic E-state index is -1.81. The number of aliphatic carboxylic acids is 1. The lowest BCUT2D eigenvalue weighted by Crippen LogP contribution is -2.61. The van der Waals surface area contributed by atoms with Gasteiger partial charge in [0.05, 0.1) is 13.2 Å². The molecule has 0 aliphatic heterocycles. The number of carbonyl (C=O) groups excluding carboxylic acids is 8. The lowest BCUT2D eigenvalue weighted by atomic mass is 10.00. The SMILES string of the molecule is CCCCCCCCCCCCCCCC(=O)N[C@H](C(=O)N[C@H](Cc1ccccc1)C(=O)N[C@@H](CCCNC(=N)N)C(=O)N[C@H](CO)C(=O)N[C@@H](CO)C(=O)N[C@H](CCCNC(=N)N)C(=O)N[C@@H](CCC(=O)O)C(=O)N[C@H](C)CCCCN)C(C)C. The van der Waals surface area contributed by atoms with E-state index in [1.54, 1.807) is 51.1 Å². The van der Waals surface area contributed by atoms with Gasteiger partial charge in [0.25, 0.3) is 0 Å². The highest BCUT2D eigenvalue weighted by atomic mass is 16.4. The number of carbonyl (C=O) groups is 9. The van der Waals surface area contributed by atoms with Crippen molar-refractivity contribution in [2.24, 2.45) is 23.1 Å². The monoisotopic (exact) mass is 1220 g/mol. The van der Waals surface area contributed by atoms with Gasteiger partial charge >= 0.3 is 5.97 Å². The fourth-order valence-electron chi connectivity index (χ4n) is 9.30. The summed E-state index contributed by atoms with van der Waals surface area (Å²) in [6, 6.07) is -1.86. The first kappa shape index (κ1) is 76.9. The third kappa shape index (κ3) is 35.4. The van der Waals surface area contributed by atoms with Gasteiger partial charge in [-0.25, -0.2) is 0 Å². The molecule has 21 N–H and O–H groups in total. The van der Waals surface area contributed by atoms with Gasteiger partial charge in [0, 0.05) is 38.4 Å². The summed E-state index contributed by atoms with van der Waals surface area (Å²) in [5.74, 6) is -9.03. The van der Waals surface area contributed by atoms with Crippen LogP contribution in [-0.4, -0.2) is 162 Å². The number of rotatable bonds is 49. The minimum Gasteiger partial charge on any atom is -0.481 e. The Labute approximate surface area is 507 Å². The highest BCUT2D eigenvalue weighted by molar-refractivity contribution is 5.98. The van der Waals surface area contributed by atoms with Crippen molar-refractivity contribution in [3.8, 4) is 0 Å². The van der Waals surface area contributed by atoms with Crippen molar-refractivity contribution in [2.45, 2.75) is 230 Å². The van der Waals surface area contributed by atoms with Crippen molar-refractivity contribution in [3.63, 3.8) is 0 Å². The molecule has 86 heavy (non-hydrogen) atoms. The Morgan fingerprint density at radius 3 is 1.30 bits per heavy atom. The van der Waals surface area contributed by atoms with E-state index in [0.717, 1.165) is 25.7 Å². The minimum absolute atomic E-state index is 0.0453. The number of hydrogen-bond donors (Lipinski definition) is 18. The molecule has 0 saturated carbocycles. The van der Waals surface area contributed by atoms with Crippen LogP contribution in [-0.2, 0) is 49.6 Å². The van der Waals surface area contributed by atoms with E-state index >= 15 is 0 Å². The summed E-state index contributed by atoms with van der Waals surface area (Å²) >= 11 is 0. The molecule has 488 valence electrons. The molecule has 0 unspecified atom stereocenters. The van der Waals surface area contributed by atoms with Crippen LogP contribution in [0.4, 0.5) is 0 Å². The second kappa shape index (κ2) is 46.1. The van der Waals surface area contributed by atoms with Gasteiger partial charge in [0.1, 0.15) is 42.3 Å². The predicted octanol–water partition coefficient (Wildman–Crippen LogP) is 0.770. The molecule has 0 radical (unpaired) electrons. The van der Waals surface area contributed by atoms with Gasteiger partial charge in [-0.3, -0.25) is 54.0 Å². The van der Waals surface area contributed by atoms with E-state index in [2.05, 4.69) is 60.1 Å². The van der Waals surface area contributed by atoms with Crippen LogP contribution >= 0.6 is 0 Å². The number of carboxylic acids is 1. The number of guanidine groups is 2. The van der Waals surface area contributed by atoms with Crippen LogP contribution in [0.5, 0.6) is 0 Å². The van der Waals surface area contributed by atoms with Crippen LogP contribution in [0.1, 0.15) is 181 Å². The topological polar surface area (TPSA) is 460 Å². The Balaban J connectivity index is 3.29. The molecule has 8 amide bonds. The molecule has 27 heteroatoms. The maximum atomic E-state index is 14.4. The Kier molecular flexibility index (Phi) is 41.2. The van der Waals surface area contributed by atoms with Gasteiger partial charge in [0.2, 0.25) is 47.3 Å². The maximum absolute atomic E-state index is 14.4. The number of hydrogen-bond acceptors (Lipinski definition) is 14. The molecule has 1 rings (SSSR count). The molecule has 0 fully saturated rings. The van der Waals surface area contributed by atoms with Gasteiger partial charge in [0.15, 0.2) is 11.9 Å². The zero-order valence-corrected chi connectivity index (χ0v) is 51.3. The molecule has 0 spiro atoms. The quantitative estimate of drug-likeness (QED) is 0.0243. The molecule has 0 aliphatic carbocycles. The average molecular weight is 1220 g/mol. The summed E-state index contributed by atoms with van der Waals surface area (Å²) < 4.78 is 0. The summed E-state index contributed by atoms with van der Waals surface area (Å²) in [5, 5.41) is 71.0. The molecule has 27 nitrogen and oxygen atoms in total. The van der Waals surface area contributed by atoms with E-state index in [9.17, 15) is 58.5 Å². The number of aliphatic hydroxyl groups excluding tert-OH is 2. The van der Waals surface area contributed by atoms with Crippen LogP contribution in [0.25, 0.3) is 0 Å². The number of benzene rings is 1. The first-order valence-electron chi connectivity index (χ1n) is 30.8. The number of aliphatic hydroxyl groups is 2. The van der Waals surface area contributed by atoms with Crippen molar-refractivity contribution < 1.29 is 58.5 Å². The Bertz CT molecular complexity index is 2210. The van der Waals surface area contributed by atoms with E-state index in [0.29, 0.717) is 37.8 Å². The molecule has 8 atom stereocenters. The molecule has 0 heterocycles. The van der Waals surface area contributed by atoms with E-state index in [-0.39, 0.29) is 81.9 Å². The first-order valence-corrected chi connectivity index (χ1v) is 30.8. The Hall–Kier alpha value is -7.13.